The van der Waals surface area contributed by atoms with Crippen LogP contribution in [0, 0.1) is 0 Å². The molecule has 1 N–H and O–H groups in total. The molecule has 1 heterocycles. The minimum Gasteiger partial charge on any atom is -0.497 e. The van der Waals surface area contributed by atoms with Gasteiger partial charge in [0.05, 0.1) is 19.9 Å². The van der Waals surface area contributed by atoms with Crippen LogP contribution in [-0.4, -0.2) is 57.1 Å². The highest BCUT2D eigenvalue weighted by Gasteiger charge is 2.23. The molecule has 0 aromatic heterocycles. The minimum atomic E-state index is -0.373. The fourth-order valence-electron chi connectivity index (χ4n) is 3.21. The van der Waals surface area contributed by atoms with Crippen LogP contribution in [-0.2, 0) is 9.59 Å². The Kier molecular flexibility index (Phi) is 6.37. The number of carbonyl (C=O) groups is 2. The summed E-state index contributed by atoms with van der Waals surface area (Å²) in [6, 6.07) is 15.2. The SMILES string of the molecule is COc1ccc(OC)c(NC(=O)CC(=O)N2CCN(c3ccccc3)CC2)c1. The standard InChI is InChI=1S/C21H25N3O4/c1-27-17-8-9-19(28-2)18(14-17)22-20(25)15-21(26)24-12-10-23(11-13-24)16-6-4-3-5-7-16/h3-9,14H,10-13,15H2,1-2H3,(H,22,25). The lowest BCUT2D eigenvalue weighted by atomic mass is 10.2. The van der Waals surface area contributed by atoms with Crippen molar-refractivity contribution in [3.63, 3.8) is 0 Å². The molecule has 1 aliphatic heterocycles. The number of amides is 2. The maximum atomic E-state index is 12.5. The first-order chi connectivity index (χ1) is 13.6. The molecule has 1 fully saturated rings. The number of nitrogens with one attached hydrogen (secondary N) is 1. The Morgan fingerprint density at radius 2 is 1.68 bits per heavy atom. The zero-order chi connectivity index (χ0) is 19.9. The smallest absolute Gasteiger partial charge is 0.233 e. The second-order valence-electron chi connectivity index (χ2n) is 6.49. The lowest BCUT2D eigenvalue weighted by Crippen LogP contribution is -2.49. The highest BCUT2D eigenvalue weighted by molar-refractivity contribution is 6.04. The third-order valence-electron chi connectivity index (χ3n) is 4.75. The van der Waals surface area contributed by atoms with Gasteiger partial charge in [0, 0.05) is 37.9 Å². The van der Waals surface area contributed by atoms with Crippen LogP contribution in [0.15, 0.2) is 48.5 Å². The van der Waals surface area contributed by atoms with Gasteiger partial charge in [-0.1, -0.05) is 18.2 Å². The van der Waals surface area contributed by atoms with E-state index in [4.69, 9.17) is 9.47 Å². The van der Waals surface area contributed by atoms with Crippen LogP contribution in [0.2, 0.25) is 0 Å². The molecule has 3 rings (SSSR count). The van der Waals surface area contributed by atoms with E-state index >= 15 is 0 Å². The monoisotopic (exact) mass is 383 g/mol. The zero-order valence-corrected chi connectivity index (χ0v) is 16.2. The van der Waals surface area contributed by atoms with Crippen molar-refractivity contribution >= 4 is 23.2 Å². The Morgan fingerprint density at radius 1 is 0.964 bits per heavy atom. The number of anilines is 2. The second-order valence-corrected chi connectivity index (χ2v) is 6.49. The van der Waals surface area contributed by atoms with E-state index in [1.54, 1.807) is 30.2 Å². The maximum absolute atomic E-state index is 12.5. The van der Waals surface area contributed by atoms with Gasteiger partial charge in [0.2, 0.25) is 11.8 Å². The molecule has 2 amide bonds. The van der Waals surface area contributed by atoms with E-state index in [2.05, 4.69) is 22.3 Å². The quantitative estimate of drug-likeness (QED) is 0.776. The van der Waals surface area contributed by atoms with Crippen LogP contribution < -0.4 is 19.7 Å². The van der Waals surface area contributed by atoms with E-state index in [1.165, 1.54) is 7.11 Å². The number of carbonyl (C=O) groups excluding carboxylic acids is 2. The molecular formula is C21H25N3O4. The molecule has 7 heteroatoms. The fourth-order valence-corrected chi connectivity index (χ4v) is 3.21. The number of hydrogen-bond acceptors (Lipinski definition) is 5. The minimum absolute atomic E-state index is 0.174. The lowest BCUT2D eigenvalue weighted by molar-refractivity contribution is -0.134. The number of ether oxygens (including phenoxy) is 2. The topological polar surface area (TPSA) is 71.1 Å². The van der Waals surface area contributed by atoms with Gasteiger partial charge in [0.15, 0.2) is 0 Å². The van der Waals surface area contributed by atoms with Gasteiger partial charge >= 0.3 is 0 Å². The molecule has 0 bridgehead atoms. The van der Waals surface area contributed by atoms with E-state index in [0.29, 0.717) is 30.3 Å². The molecule has 1 aliphatic rings. The molecule has 1 saturated heterocycles. The molecule has 0 saturated carbocycles. The van der Waals surface area contributed by atoms with Crippen molar-refractivity contribution in [2.45, 2.75) is 6.42 Å². The number of nitrogens with zero attached hydrogens (tertiary/aromatic N) is 2. The summed E-state index contributed by atoms with van der Waals surface area (Å²) in [4.78, 5) is 28.8. The lowest BCUT2D eigenvalue weighted by Gasteiger charge is -2.36. The van der Waals surface area contributed by atoms with Crippen LogP contribution in [0.25, 0.3) is 0 Å². The maximum Gasteiger partial charge on any atom is 0.233 e. The molecule has 0 radical (unpaired) electrons. The van der Waals surface area contributed by atoms with Gasteiger partial charge < -0.3 is 24.6 Å². The van der Waals surface area contributed by atoms with Crippen molar-refractivity contribution in [3.05, 3.63) is 48.5 Å². The van der Waals surface area contributed by atoms with Crippen molar-refractivity contribution in [1.82, 2.24) is 4.90 Å². The number of para-hydroxylation sites is 1. The summed E-state index contributed by atoms with van der Waals surface area (Å²) in [5, 5.41) is 2.74. The molecule has 0 spiro atoms. The molecule has 28 heavy (non-hydrogen) atoms. The number of methoxy groups -OCH3 is 2. The van der Waals surface area contributed by atoms with Gasteiger partial charge in [0.25, 0.3) is 0 Å². The predicted octanol–water partition coefficient (Wildman–Crippen LogP) is 2.38. The average molecular weight is 383 g/mol. The first-order valence-electron chi connectivity index (χ1n) is 9.20. The van der Waals surface area contributed by atoms with Crippen molar-refractivity contribution < 1.29 is 19.1 Å². The molecular weight excluding hydrogens is 358 g/mol. The molecule has 7 nitrogen and oxygen atoms in total. The van der Waals surface area contributed by atoms with Gasteiger partial charge in [-0.15, -0.1) is 0 Å². The predicted molar refractivity (Wildman–Crippen MR) is 108 cm³/mol. The Morgan fingerprint density at radius 3 is 2.32 bits per heavy atom. The van der Waals surface area contributed by atoms with Crippen molar-refractivity contribution in [1.29, 1.82) is 0 Å². The van der Waals surface area contributed by atoms with Gasteiger partial charge in [-0.25, -0.2) is 0 Å². The van der Waals surface area contributed by atoms with Crippen LogP contribution in [0.1, 0.15) is 6.42 Å². The van der Waals surface area contributed by atoms with Crippen molar-refractivity contribution in [3.8, 4) is 11.5 Å². The fraction of sp³-hybridized carbons (Fsp3) is 0.333. The summed E-state index contributed by atoms with van der Waals surface area (Å²) in [6.07, 6.45) is -0.203. The normalized spacial score (nSPS) is 13.8. The summed E-state index contributed by atoms with van der Waals surface area (Å²) in [5.41, 5.74) is 1.63. The Bertz CT molecular complexity index is 818. The highest BCUT2D eigenvalue weighted by atomic mass is 16.5. The highest BCUT2D eigenvalue weighted by Crippen LogP contribution is 2.29. The molecule has 2 aromatic rings. The van der Waals surface area contributed by atoms with Crippen LogP contribution in [0.3, 0.4) is 0 Å². The van der Waals surface area contributed by atoms with Crippen molar-refractivity contribution in [2.75, 3.05) is 50.6 Å². The number of hydrogen-bond donors (Lipinski definition) is 1. The van der Waals surface area contributed by atoms with Gasteiger partial charge in [-0.2, -0.15) is 0 Å². The summed E-state index contributed by atoms with van der Waals surface area (Å²) in [6.45, 7) is 2.70. The first-order valence-corrected chi connectivity index (χ1v) is 9.20. The van der Waals surface area contributed by atoms with Gasteiger partial charge in [-0.3, -0.25) is 9.59 Å². The number of benzene rings is 2. The van der Waals surface area contributed by atoms with E-state index in [-0.39, 0.29) is 18.2 Å². The summed E-state index contributed by atoms with van der Waals surface area (Å²) in [5.74, 6) is 0.562. The molecule has 2 aromatic carbocycles. The third-order valence-corrected chi connectivity index (χ3v) is 4.75. The van der Waals surface area contributed by atoms with E-state index in [9.17, 15) is 9.59 Å². The molecule has 148 valence electrons. The number of piperazine rings is 1. The largest absolute Gasteiger partial charge is 0.497 e. The molecule has 0 unspecified atom stereocenters. The average Bonchev–Trinajstić information content (AvgIpc) is 2.74. The Labute approximate surface area is 164 Å². The summed E-state index contributed by atoms with van der Waals surface area (Å²) in [7, 11) is 3.07. The van der Waals surface area contributed by atoms with Gasteiger partial charge in [-0.05, 0) is 24.3 Å². The van der Waals surface area contributed by atoms with Crippen LogP contribution in [0.4, 0.5) is 11.4 Å². The first kappa shape index (κ1) is 19.5. The molecule has 0 aliphatic carbocycles. The van der Waals surface area contributed by atoms with E-state index in [0.717, 1.165) is 18.8 Å². The van der Waals surface area contributed by atoms with Gasteiger partial charge in [0.1, 0.15) is 17.9 Å². The molecule has 0 atom stereocenters. The zero-order valence-electron chi connectivity index (χ0n) is 16.2. The summed E-state index contributed by atoms with van der Waals surface area (Å²) < 4.78 is 10.4. The Balaban J connectivity index is 1.53. The van der Waals surface area contributed by atoms with E-state index < -0.39 is 0 Å². The van der Waals surface area contributed by atoms with Crippen molar-refractivity contribution in [2.24, 2.45) is 0 Å². The summed E-state index contributed by atoms with van der Waals surface area (Å²) >= 11 is 0. The van der Waals surface area contributed by atoms with E-state index in [1.807, 2.05) is 18.2 Å². The second kappa shape index (κ2) is 9.12. The van der Waals surface area contributed by atoms with Crippen LogP contribution in [0.5, 0.6) is 11.5 Å². The van der Waals surface area contributed by atoms with Crippen LogP contribution >= 0.6 is 0 Å². The third kappa shape index (κ3) is 4.73. The number of rotatable bonds is 6. The Hall–Kier alpha value is -3.22.